The highest BCUT2D eigenvalue weighted by Crippen LogP contribution is 2.16. The molecule has 0 bridgehead atoms. The molecule has 3 heteroatoms. The van der Waals surface area contributed by atoms with E-state index in [0.717, 1.165) is 17.0 Å². The smallest absolute Gasteiger partial charge is 0.0648 e. The molecule has 0 radical (unpaired) electrons. The summed E-state index contributed by atoms with van der Waals surface area (Å²) in [4.78, 5) is 0. The lowest BCUT2D eigenvalue weighted by molar-refractivity contribution is 1.30. The van der Waals surface area contributed by atoms with E-state index < -0.39 is 0 Å². The second-order valence-electron chi connectivity index (χ2n) is 4.14. The molecule has 92 valence electrons. The second kappa shape index (κ2) is 6.00. The highest BCUT2D eigenvalue weighted by molar-refractivity contribution is 14.1. The quantitative estimate of drug-likeness (QED) is 0.494. The molecule has 0 aromatic heterocycles. The lowest BCUT2D eigenvalue weighted by Gasteiger charge is -2.05. The number of hydrogen-bond acceptors (Lipinski definition) is 2. The molecule has 2 aromatic rings. The third-order valence-corrected chi connectivity index (χ3v) is 3.91. The zero-order valence-corrected chi connectivity index (χ0v) is 12.6. The zero-order chi connectivity index (χ0) is 13.0. The molecule has 0 aliphatic heterocycles. The highest BCUT2D eigenvalue weighted by Gasteiger charge is 1.98. The van der Waals surface area contributed by atoms with Gasteiger partial charge in [-0.05, 0) is 65.8 Å². The first-order valence-electron chi connectivity index (χ1n) is 5.78. The average molecular weight is 350 g/mol. The minimum Gasteiger partial charge on any atom is -0.278 e. The number of nitrogens with one attached hydrogen (secondary N) is 1. The van der Waals surface area contributed by atoms with Crippen LogP contribution in [0, 0.1) is 10.5 Å². The molecule has 0 unspecified atom stereocenters. The zero-order valence-electron chi connectivity index (χ0n) is 10.4. The first-order valence-corrected chi connectivity index (χ1v) is 6.86. The van der Waals surface area contributed by atoms with Crippen molar-refractivity contribution in [3.63, 3.8) is 0 Å². The predicted molar refractivity (Wildman–Crippen MR) is 86.2 cm³/mol. The van der Waals surface area contributed by atoms with Gasteiger partial charge in [0.1, 0.15) is 0 Å². The van der Waals surface area contributed by atoms with Gasteiger partial charge in [-0.25, -0.2) is 0 Å². The van der Waals surface area contributed by atoms with Gasteiger partial charge in [-0.1, -0.05) is 30.3 Å². The van der Waals surface area contributed by atoms with Crippen LogP contribution in [0.4, 0.5) is 5.69 Å². The molecule has 0 heterocycles. The van der Waals surface area contributed by atoms with E-state index in [9.17, 15) is 0 Å². The van der Waals surface area contributed by atoms with Gasteiger partial charge >= 0.3 is 0 Å². The largest absolute Gasteiger partial charge is 0.278 e. The first kappa shape index (κ1) is 13.1. The molecule has 18 heavy (non-hydrogen) atoms. The summed E-state index contributed by atoms with van der Waals surface area (Å²) in [5.74, 6) is 0. The van der Waals surface area contributed by atoms with E-state index in [1.54, 1.807) is 0 Å². The molecule has 0 spiro atoms. The van der Waals surface area contributed by atoms with Crippen molar-refractivity contribution in [2.24, 2.45) is 5.10 Å². The number of halogens is 1. The Kier molecular flexibility index (Phi) is 4.36. The van der Waals surface area contributed by atoms with E-state index in [-0.39, 0.29) is 0 Å². The highest BCUT2D eigenvalue weighted by atomic mass is 127. The minimum atomic E-state index is 0.979. The summed E-state index contributed by atoms with van der Waals surface area (Å²) in [7, 11) is 0. The first-order chi connectivity index (χ1) is 8.66. The molecule has 2 aromatic carbocycles. The van der Waals surface area contributed by atoms with Gasteiger partial charge in [0.05, 0.1) is 11.4 Å². The van der Waals surface area contributed by atoms with Crippen molar-refractivity contribution in [3.05, 3.63) is 63.2 Å². The Hall–Kier alpha value is -1.36. The van der Waals surface area contributed by atoms with E-state index in [4.69, 9.17) is 0 Å². The Balaban J connectivity index is 2.13. The Morgan fingerprint density at radius 3 is 2.50 bits per heavy atom. The van der Waals surface area contributed by atoms with E-state index >= 15 is 0 Å². The van der Waals surface area contributed by atoms with Gasteiger partial charge in [-0.15, -0.1) is 0 Å². The third kappa shape index (κ3) is 3.32. The van der Waals surface area contributed by atoms with Gasteiger partial charge < -0.3 is 0 Å². The molecule has 0 saturated carbocycles. The monoisotopic (exact) mass is 350 g/mol. The van der Waals surface area contributed by atoms with Gasteiger partial charge in [0.25, 0.3) is 0 Å². The summed E-state index contributed by atoms with van der Waals surface area (Å²) < 4.78 is 1.27. The number of anilines is 1. The van der Waals surface area contributed by atoms with Crippen molar-refractivity contribution in [1.82, 2.24) is 0 Å². The van der Waals surface area contributed by atoms with Crippen LogP contribution in [0.5, 0.6) is 0 Å². The van der Waals surface area contributed by atoms with Crippen molar-refractivity contribution >= 4 is 34.0 Å². The van der Waals surface area contributed by atoms with Crippen molar-refractivity contribution in [2.75, 3.05) is 5.43 Å². The lowest BCUT2D eigenvalue weighted by atomic mass is 10.1. The maximum absolute atomic E-state index is 4.40. The van der Waals surface area contributed by atoms with Crippen LogP contribution in [0.25, 0.3) is 0 Å². The van der Waals surface area contributed by atoms with E-state index in [0.29, 0.717) is 0 Å². The van der Waals surface area contributed by atoms with E-state index in [1.165, 1.54) is 9.13 Å². The molecule has 2 nitrogen and oxygen atoms in total. The van der Waals surface area contributed by atoms with Crippen LogP contribution in [0.15, 0.2) is 53.6 Å². The van der Waals surface area contributed by atoms with Gasteiger partial charge in [-0.2, -0.15) is 5.10 Å². The van der Waals surface area contributed by atoms with Crippen molar-refractivity contribution in [3.8, 4) is 0 Å². The Morgan fingerprint density at radius 2 is 1.83 bits per heavy atom. The van der Waals surface area contributed by atoms with E-state index in [2.05, 4.69) is 64.3 Å². The van der Waals surface area contributed by atoms with Crippen LogP contribution in [0.3, 0.4) is 0 Å². The fourth-order valence-corrected chi connectivity index (χ4v) is 1.94. The summed E-state index contributed by atoms with van der Waals surface area (Å²) in [5, 5.41) is 4.40. The van der Waals surface area contributed by atoms with Gasteiger partial charge in [0.15, 0.2) is 0 Å². The Labute approximate surface area is 121 Å². The molecular formula is C15H15IN2. The van der Waals surface area contributed by atoms with Gasteiger partial charge in [-0.3, -0.25) is 5.43 Å². The molecular weight excluding hydrogens is 335 g/mol. The predicted octanol–water partition coefficient (Wildman–Crippen LogP) is 4.44. The molecule has 2 rings (SSSR count). The fraction of sp³-hybridized carbons (Fsp3) is 0.133. The SMILES string of the molecule is CC(=NNc1ccc(I)c(C)c1)c1ccccc1. The molecule has 0 aliphatic rings. The van der Waals surface area contributed by atoms with Gasteiger partial charge in [0.2, 0.25) is 0 Å². The normalized spacial score (nSPS) is 11.4. The maximum atomic E-state index is 4.40. The summed E-state index contributed by atoms with van der Waals surface area (Å²) in [5.41, 5.74) is 7.48. The number of aryl methyl sites for hydroxylation is 1. The van der Waals surface area contributed by atoms with Gasteiger partial charge in [0, 0.05) is 3.57 Å². The van der Waals surface area contributed by atoms with Crippen LogP contribution in [-0.2, 0) is 0 Å². The average Bonchev–Trinajstić information content (AvgIpc) is 2.41. The summed E-state index contributed by atoms with van der Waals surface area (Å²) >= 11 is 2.33. The standard InChI is InChI=1S/C15H15IN2/c1-11-10-14(8-9-15(11)16)18-17-12(2)13-6-4-3-5-7-13/h3-10,18H,1-2H3. The van der Waals surface area contributed by atoms with Crippen LogP contribution >= 0.6 is 22.6 Å². The third-order valence-electron chi connectivity index (χ3n) is 2.70. The maximum Gasteiger partial charge on any atom is 0.0648 e. The Bertz CT molecular complexity index is 562. The van der Waals surface area contributed by atoms with Crippen LogP contribution in [0.1, 0.15) is 18.1 Å². The minimum absolute atomic E-state index is 0.979. The number of nitrogens with zero attached hydrogens (tertiary/aromatic N) is 1. The molecule has 0 fully saturated rings. The molecule has 0 atom stereocenters. The summed E-state index contributed by atoms with van der Waals surface area (Å²) in [6.07, 6.45) is 0. The number of hydrazone groups is 1. The van der Waals surface area contributed by atoms with Crippen molar-refractivity contribution < 1.29 is 0 Å². The molecule has 0 amide bonds. The fourth-order valence-electron chi connectivity index (χ4n) is 1.61. The summed E-state index contributed by atoms with van der Waals surface area (Å²) in [6, 6.07) is 16.4. The number of benzene rings is 2. The molecule has 1 N–H and O–H groups in total. The van der Waals surface area contributed by atoms with E-state index in [1.807, 2.05) is 31.2 Å². The lowest BCUT2D eigenvalue weighted by Crippen LogP contribution is -1.99. The Morgan fingerprint density at radius 1 is 1.11 bits per heavy atom. The second-order valence-corrected chi connectivity index (χ2v) is 5.30. The van der Waals surface area contributed by atoms with Crippen LogP contribution in [0.2, 0.25) is 0 Å². The van der Waals surface area contributed by atoms with Crippen molar-refractivity contribution in [1.29, 1.82) is 0 Å². The number of hydrogen-bond donors (Lipinski definition) is 1. The van der Waals surface area contributed by atoms with Crippen LogP contribution < -0.4 is 5.43 Å². The molecule has 0 saturated heterocycles. The molecule has 0 aliphatic carbocycles. The topological polar surface area (TPSA) is 24.4 Å². The summed E-state index contributed by atoms with van der Waals surface area (Å²) in [6.45, 7) is 4.10. The van der Waals surface area contributed by atoms with Crippen LogP contribution in [-0.4, -0.2) is 5.71 Å². The number of rotatable bonds is 3. The van der Waals surface area contributed by atoms with Crippen molar-refractivity contribution in [2.45, 2.75) is 13.8 Å².